The maximum Gasteiger partial charge on any atom is 0.257 e. The van der Waals surface area contributed by atoms with Gasteiger partial charge in [-0.05, 0) is 25.0 Å². The third-order valence-corrected chi connectivity index (χ3v) is 2.51. The Morgan fingerprint density at radius 3 is 2.19 bits per heavy atom. The minimum absolute atomic E-state index is 0.0495. The Morgan fingerprint density at radius 1 is 1.25 bits per heavy atom. The topological polar surface area (TPSA) is 29.1 Å². The van der Waals surface area contributed by atoms with Crippen LogP contribution in [0, 0.1) is 11.6 Å². The summed E-state index contributed by atoms with van der Waals surface area (Å²) in [6.45, 7) is 3.82. The summed E-state index contributed by atoms with van der Waals surface area (Å²) in [5.41, 5.74) is -0.505. The lowest BCUT2D eigenvalue weighted by molar-refractivity contribution is 0.0926. The zero-order chi connectivity index (χ0) is 12.1. The van der Waals surface area contributed by atoms with Gasteiger partial charge >= 0.3 is 0 Å². The van der Waals surface area contributed by atoms with Crippen molar-refractivity contribution in [2.45, 2.75) is 32.7 Å². The van der Waals surface area contributed by atoms with Crippen LogP contribution in [0.5, 0.6) is 0 Å². The summed E-state index contributed by atoms with van der Waals surface area (Å²) < 4.78 is 26.5. The predicted octanol–water partition coefficient (Wildman–Crippen LogP) is 2.88. The summed E-state index contributed by atoms with van der Waals surface area (Å²) in [4.78, 5) is 11.6. The number of carbonyl (C=O) groups excluding carboxylic acids is 1. The highest BCUT2D eigenvalue weighted by molar-refractivity contribution is 5.94. The first-order valence-electron chi connectivity index (χ1n) is 5.35. The van der Waals surface area contributed by atoms with Crippen LogP contribution in [0.2, 0.25) is 0 Å². The molecule has 88 valence electrons. The first-order chi connectivity index (χ1) is 7.60. The molecular formula is C12H15F2NO. The monoisotopic (exact) mass is 227 g/mol. The van der Waals surface area contributed by atoms with E-state index in [1.54, 1.807) is 0 Å². The smallest absolute Gasteiger partial charge is 0.257 e. The number of carbonyl (C=O) groups is 1. The second-order valence-corrected chi connectivity index (χ2v) is 3.58. The van der Waals surface area contributed by atoms with Gasteiger partial charge in [-0.1, -0.05) is 19.9 Å². The van der Waals surface area contributed by atoms with Crippen LogP contribution in [0.25, 0.3) is 0 Å². The molecule has 0 saturated heterocycles. The lowest BCUT2D eigenvalue weighted by Gasteiger charge is -2.15. The van der Waals surface area contributed by atoms with E-state index in [0.717, 1.165) is 25.0 Å². The fourth-order valence-electron chi connectivity index (χ4n) is 1.47. The van der Waals surface area contributed by atoms with Crippen molar-refractivity contribution in [1.29, 1.82) is 0 Å². The molecule has 0 saturated carbocycles. The van der Waals surface area contributed by atoms with Crippen LogP contribution < -0.4 is 5.32 Å². The van der Waals surface area contributed by atoms with Crippen LogP contribution in [0.4, 0.5) is 8.78 Å². The Morgan fingerprint density at radius 2 is 1.75 bits per heavy atom. The van der Waals surface area contributed by atoms with Gasteiger partial charge in [0.2, 0.25) is 0 Å². The Labute approximate surface area is 93.7 Å². The van der Waals surface area contributed by atoms with E-state index in [1.165, 1.54) is 6.07 Å². The Hall–Kier alpha value is -1.45. The van der Waals surface area contributed by atoms with Gasteiger partial charge < -0.3 is 5.32 Å². The molecule has 0 bridgehead atoms. The molecule has 0 atom stereocenters. The maximum absolute atomic E-state index is 13.3. The summed E-state index contributed by atoms with van der Waals surface area (Å²) >= 11 is 0. The van der Waals surface area contributed by atoms with Gasteiger partial charge in [-0.3, -0.25) is 4.79 Å². The van der Waals surface area contributed by atoms with Gasteiger partial charge in [-0.25, -0.2) is 8.78 Å². The fraction of sp³-hybridized carbons (Fsp3) is 0.417. The van der Waals surface area contributed by atoms with Gasteiger partial charge in [-0.2, -0.15) is 0 Å². The van der Waals surface area contributed by atoms with E-state index in [9.17, 15) is 13.6 Å². The molecule has 4 heteroatoms. The number of nitrogens with one attached hydrogen (secondary N) is 1. The van der Waals surface area contributed by atoms with E-state index in [2.05, 4.69) is 5.32 Å². The average molecular weight is 227 g/mol. The molecule has 16 heavy (non-hydrogen) atoms. The molecule has 0 heterocycles. The molecule has 0 fully saturated rings. The van der Waals surface area contributed by atoms with Crippen molar-refractivity contribution in [1.82, 2.24) is 5.32 Å². The molecule has 0 aliphatic rings. The van der Waals surface area contributed by atoms with Gasteiger partial charge in [0.1, 0.15) is 17.2 Å². The molecule has 1 N–H and O–H groups in total. The summed E-state index contributed by atoms with van der Waals surface area (Å²) in [6.07, 6.45) is 1.47. The van der Waals surface area contributed by atoms with Crippen LogP contribution in [0.1, 0.15) is 37.0 Å². The number of amides is 1. The van der Waals surface area contributed by atoms with Crippen LogP contribution in [0.15, 0.2) is 18.2 Å². The van der Waals surface area contributed by atoms with E-state index in [4.69, 9.17) is 0 Å². The summed E-state index contributed by atoms with van der Waals surface area (Å²) in [5.74, 6) is -2.35. The highest BCUT2D eigenvalue weighted by Crippen LogP contribution is 2.12. The third-order valence-electron chi connectivity index (χ3n) is 2.51. The zero-order valence-corrected chi connectivity index (χ0v) is 9.39. The minimum Gasteiger partial charge on any atom is -0.349 e. The SMILES string of the molecule is CCC(CC)NC(=O)c1c(F)cccc1F. The Kier molecular flexibility index (Phi) is 4.40. The van der Waals surface area contributed by atoms with Gasteiger partial charge in [0.15, 0.2) is 0 Å². The fourth-order valence-corrected chi connectivity index (χ4v) is 1.47. The van der Waals surface area contributed by atoms with E-state index in [-0.39, 0.29) is 6.04 Å². The first kappa shape index (κ1) is 12.6. The zero-order valence-electron chi connectivity index (χ0n) is 9.39. The maximum atomic E-state index is 13.3. The van der Waals surface area contributed by atoms with Crippen LogP contribution in [-0.4, -0.2) is 11.9 Å². The van der Waals surface area contributed by atoms with Crippen molar-refractivity contribution in [3.8, 4) is 0 Å². The molecule has 1 aromatic carbocycles. The molecule has 1 amide bonds. The number of benzene rings is 1. The van der Waals surface area contributed by atoms with Crippen molar-refractivity contribution >= 4 is 5.91 Å². The van der Waals surface area contributed by atoms with Crippen molar-refractivity contribution in [3.05, 3.63) is 35.4 Å². The summed E-state index contributed by atoms with van der Waals surface area (Å²) in [6, 6.07) is 3.33. The molecule has 1 rings (SSSR count). The van der Waals surface area contributed by atoms with Crippen molar-refractivity contribution in [2.75, 3.05) is 0 Å². The predicted molar refractivity (Wildman–Crippen MR) is 58.2 cm³/mol. The molecular weight excluding hydrogens is 212 g/mol. The Bertz CT molecular complexity index is 355. The molecule has 0 aliphatic heterocycles. The quantitative estimate of drug-likeness (QED) is 0.841. The van der Waals surface area contributed by atoms with Gasteiger partial charge in [0.05, 0.1) is 0 Å². The second kappa shape index (κ2) is 5.58. The summed E-state index contributed by atoms with van der Waals surface area (Å²) in [5, 5.41) is 2.60. The highest BCUT2D eigenvalue weighted by Gasteiger charge is 2.18. The van der Waals surface area contributed by atoms with Crippen molar-refractivity contribution in [3.63, 3.8) is 0 Å². The highest BCUT2D eigenvalue weighted by atomic mass is 19.1. The lowest BCUT2D eigenvalue weighted by Crippen LogP contribution is -2.34. The molecule has 0 unspecified atom stereocenters. The average Bonchev–Trinajstić information content (AvgIpc) is 2.25. The van der Waals surface area contributed by atoms with Gasteiger partial charge in [-0.15, -0.1) is 0 Å². The van der Waals surface area contributed by atoms with Crippen LogP contribution >= 0.6 is 0 Å². The molecule has 0 radical (unpaired) electrons. The molecule has 0 spiro atoms. The first-order valence-corrected chi connectivity index (χ1v) is 5.35. The normalized spacial score (nSPS) is 10.6. The molecule has 2 nitrogen and oxygen atoms in total. The number of hydrogen-bond acceptors (Lipinski definition) is 1. The molecule has 0 aliphatic carbocycles. The number of halogens is 2. The van der Waals surface area contributed by atoms with Crippen molar-refractivity contribution < 1.29 is 13.6 Å². The van der Waals surface area contributed by atoms with Crippen molar-refractivity contribution in [2.24, 2.45) is 0 Å². The van der Waals surface area contributed by atoms with Crippen LogP contribution in [0.3, 0.4) is 0 Å². The van der Waals surface area contributed by atoms with Gasteiger partial charge in [0.25, 0.3) is 5.91 Å². The largest absolute Gasteiger partial charge is 0.349 e. The molecule has 0 aromatic heterocycles. The van der Waals surface area contributed by atoms with Crippen LogP contribution in [-0.2, 0) is 0 Å². The van der Waals surface area contributed by atoms with E-state index < -0.39 is 23.1 Å². The standard InChI is InChI=1S/C12H15F2NO/c1-3-8(4-2)15-12(16)11-9(13)6-5-7-10(11)14/h5-8H,3-4H2,1-2H3,(H,15,16). The number of rotatable bonds is 4. The lowest BCUT2D eigenvalue weighted by atomic mass is 10.1. The van der Waals surface area contributed by atoms with E-state index in [0.29, 0.717) is 0 Å². The van der Waals surface area contributed by atoms with Gasteiger partial charge in [0, 0.05) is 6.04 Å². The van der Waals surface area contributed by atoms with E-state index in [1.807, 2.05) is 13.8 Å². The summed E-state index contributed by atoms with van der Waals surface area (Å²) in [7, 11) is 0. The Balaban J connectivity index is 2.88. The van der Waals surface area contributed by atoms with E-state index >= 15 is 0 Å². The third kappa shape index (κ3) is 2.78. The second-order valence-electron chi connectivity index (χ2n) is 3.58. The number of hydrogen-bond donors (Lipinski definition) is 1. The molecule has 1 aromatic rings. The minimum atomic E-state index is -0.830.